The van der Waals surface area contributed by atoms with Gasteiger partial charge in [0.15, 0.2) is 5.58 Å². The van der Waals surface area contributed by atoms with Crippen LogP contribution in [0.4, 0.5) is 34.1 Å². The van der Waals surface area contributed by atoms with Crippen LogP contribution in [-0.4, -0.2) is 0 Å². The summed E-state index contributed by atoms with van der Waals surface area (Å²) in [6.45, 7) is 0. The van der Waals surface area contributed by atoms with E-state index in [4.69, 9.17) is 8.83 Å². The Morgan fingerprint density at radius 1 is 0.357 bits per heavy atom. The number of rotatable bonds is 6. The number of furan rings is 2. The Morgan fingerprint density at radius 2 is 0.786 bits per heavy atom. The normalized spacial score (nSPS) is 11.6. The van der Waals surface area contributed by atoms with Gasteiger partial charge in [-0.1, -0.05) is 84.9 Å². The van der Waals surface area contributed by atoms with Crippen molar-refractivity contribution >= 4 is 99.5 Å². The average molecular weight is 718 g/mol. The molecule has 0 radical (unpaired) electrons. The lowest BCUT2D eigenvalue weighted by Gasteiger charge is -2.25. The van der Waals surface area contributed by atoms with Gasteiger partial charge in [0.05, 0.1) is 5.56 Å². The molecule has 11 aromatic rings. The largest absolute Gasteiger partial charge is 0.456 e. The van der Waals surface area contributed by atoms with Crippen LogP contribution in [0.5, 0.6) is 0 Å². The molecule has 0 saturated carbocycles. The fourth-order valence-corrected chi connectivity index (χ4v) is 8.23. The highest BCUT2D eigenvalue weighted by Gasteiger charge is 2.22. The summed E-state index contributed by atoms with van der Waals surface area (Å²) in [5.74, 6) is 0. The highest BCUT2D eigenvalue weighted by atomic mass is 16.3. The first kappa shape index (κ1) is 31.7. The van der Waals surface area contributed by atoms with Crippen molar-refractivity contribution in [2.24, 2.45) is 0 Å². The van der Waals surface area contributed by atoms with Gasteiger partial charge in [0, 0.05) is 61.7 Å². The van der Waals surface area contributed by atoms with Crippen LogP contribution in [-0.2, 0) is 0 Å². The molecular formula is C51H31N3O2. The summed E-state index contributed by atoms with van der Waals surface area (Å²) < 4.78 is 13.2. The second kappa shape index (κ2) is 12.7. The third kappa shape index (κ3) is 5.09. The SMILES string of the molecule is N#Cc1cc2oc3cc4cc(N(c5ccccc5)c5ccccc5)ccc4cc3c2c2c1oc1cc3cc(N(c4ccccc4)c4ccccc4)ccc3cc12. The van der Waals surface area contributed by atoms with Crippen molar-refractivity contribution in [3.8, 4) is 6.07 Å². The van der Waals surface area contributed by atoms with E-state index >= 15 is 0 Å². The van der Waals surface area contributed by atoms with Gasteiger partial charge in [-0.05, 0) is 119 Å². The Labute approximate surface area is 322 Å². The quantitative estimate of drug-likeness (QED) is 0.171. The number of hydrogen-bond donors (Lipinski definition) is 0. The first-order valence-corrected chi connectivity index (χ1v) is 18.6. The van der Waals surface area contributed by atoms with Crippen LogP contribution in [0.2, 0.25) is 0 Å². The van der Waals surface area contributed by atoms with E-state index in [9.17, 15) is 5.26 Å². The second-order valence-corrected chi connectivity index (χ2v) is 14.1. The van der Waals surface area contributed by atoms with Crippen molar-refractivity contribution in [2.75, 3.05) is 9.80 Å². The Morgan fingerprint density at radius 3 is 1.23 bits per heavy atom. The molecule has 0 aliphatic rings. The lowest BCUT2D eigenvalue weighted by molar-refractivity contribution is 0.662. The Balaban J connectivity index is 1.08. The van der Waals surface area contributed by atoms with Crippen molar-refractivity contribution in [2.45, 2.75) is 0 Å². The van der Waals surface area contributed by atoms with E-state index in [1.54, 1.807) is 0 Å². The minimum Gasteiger partial charge on any atom is -0.456 e. The van der Waals surface area contributed by atoms with Crippen LogP contribution >= 0.6 is 0 Å². The van der Waals surface area contributed by atoms with Gasteiger partial charge >= 0.3 is 0 Å². The van der Waals surface area contributed by atoms with Crippen LogP contribution in [0.1, 0.15) is 5.56 Å². The lowest BCUT2D eigenvalue weighted by atomic mass is 9.99. The number of anilines is 6. The van der Waals surface area contributed by atoms with Gasteiger partial charge in [0.1, 0.15) is 22.8 Å². The fourth-order valence-electron chi connectivity index (χ4n) is 8.23. The topological polar surface area (TPSA) is 56.6 Å². The molecule has 0 bridgehead atoms. The monoisotopic (exact) mass is 717 g/mol. The summed E-state index contributed by atoms with van der Waals surface area (Å²) in [6, 6.07) is 67.5. The summed E-state index contributed by atoms with van der Waals surface area (Å²) in [6.07, 6.45) is 0. The molecule has 11 rings (SSSR count). The van der Waals surface area contributed by atoms with E-state index < -0.39 is 0 Å². The molecule has 0 aliphatic heterocycles. The number of nitriles is 1. The molecule has 262 valence electrons. The first-order chi connectivity index (χ1) is 27.7. The van der Waals surface area contributed by atoms with Crippen molar-refractivity contribution in [1.29, 1.82) is 5.26 Å². The van der Waals surface area contributed by atoms with Crippen molar-refractivity contribution in [3.63, 3.8) is 0 Å². The number of para-hydroxylation sites is 4. The van der Waals surface area contributed by atoms with E-state index in [2.05, 4.69) is 174 Å². The molecular weight excluding hydrogens is 687 g/mol. The predicted molar refractivity (Wildman–Crippen MR) is 230 cm³/mol. The van der Waals surface area contributed by atoms with E-state index in [1.165, 1.54) is 0 Å². The van der Waals surface area contributed by atoms with Gasteiger partial charge < -0.3 is 18.6 Å². The minimum atomic E-state index is 0.444. The van der Waals surface area contributed by atoms with Gasteiger partial charge in [-0.25, -0.2) is 0 Å². The lowest BCUT2D eigenvalue weighted by Crippen LogP contribution is -2.09. The number of nitrogens with zero attached hydrogens (tertiary/aromatic N) is 3. The molecule has 0 saturated heterocycles. The maximum Gasteiger partial charge on any atom is 0.154 e. The first-order valence-electron chi connectivity index (χ1n) is 18.6. The van der Waals surface area contributed by atoms with Crippen LogP contribution in [0.25, 0.3) is 65.4 Å². The summed E-state index contributed by atoms with van der Waals surface area (Å²) in [7, 11) is 0. The summed E-state index contributed by atoms with van der Waals surface area (Å²) in [5, 5.41) is 18.4. The zero-order valence-corrected chi connectivity index (χ0v) is 30.1. The third-order valence-corrected chi connectivity index (χ3v) is 10.8. The maximum atomic E-state index is 10.4. The fraction of sp³-hybridized carbons (Fsp3) is 0. The zero-order chi connectivity index (χ0) is 37.2. The molecule has 5 nitrogen and oxygen atoms in total. The molecule has 0 N–H and O–H groups in total. The average Bonchev–Trinajstić information content (AvgIpc) is 3.80. The molecule has 0 spiro atoms. The molecule has 0 unspecified atom stereocenters. The Kier molecular flexibility index (Phi) is 7.16. The molecule has 0 amide bonds. The smallest absolute Gasteiger partial charge is 0.154 e. The minimum absolute atomic E-state index is 0.444. The standard InChI is InChI=1S/C51H31N3O2/c52-32-37-31-48-49(44-27-33-21-23-42(25-35(33)29-46(44)55-48)53(38-13-5-1-6-14-38)39-15-7-2-8-16-39)50-45-28-34-22-24-43(26-36(34)30-47(45)56-51(37)50)54(40-17-9-3-10-18-40)41-19-11-4-12-20-41/h1-31H. The van der Waals surface area contributed by atoms with E-state index in [-0.39, 0.29) is 0 Å². The molecule has 2 heterocycles. The Hall–Kier alpha value is -7.81. The Bertz CT molecular complexity index is 3230. The summed E-state index contributed by atoms with van der Waals surface area (Å²) >= 11 is 0. The highest BCUT2D eigenvalue weighted by Crippen LogP contribution is 2.45. The van der Waals surface area contributed by atoms with Crippen molar-refractivity contribution in [1.82, 2.24) is 0 Å². The van der Waals surface area contributed by atoms with Gasteiger partial charge in [-0.3, -0.25) is 0 Å². The van der Waals surface area contributed by atoms with Gasteiger partial charge in [-0.2, -0.15) is 5.26 Å². The second-order valence-electron chi connectivity index (χ2n) is 14.1. The maximum absolute atomic E-state index is 10.4. The molecule has 2 aromatic heterocycles. The molecule has 5 heteroatoms. The number of benzene rings is 9. The molecule has 56 heavy (non-hydrogen) atoms. The summed E-state index contributed by atoms with van der Waals surface area (Å²) in [5.41, 5.74) is 9.55. The van der Waals surface area contributed by atoms with Gasteiger partial charge in [0.2, 0.25) is 0 Å². The van der Waals surface area contributed by atoms with Crippen LogP contribution in [0, 0.1) is 11.3 Å². The van der Waals surface area contributed by atoms with Crippen LogP contribution < -0.4 is 9.80 Å². The van der Waals surface area contributed by atoms with Crippen LogP contribution in [0.3, 0.4) is 0 Å². The van der Waals surface area contributed by atoms with Gasteiger partial charge in [-0.15, -0.1) is 0 Å². The van der Waals surface area contributed by atoms with Gasteiger partial charge in [0.25, 0.3) is 0 Å². The zero-order valence-electron chi connectivity index (χ0n) is 30.1. The highest BCUT2D eigenvalue weighted by molar-refractivity contribution is 6.28. The van der Waals surface area contributed by atoms with E-state index in [0.29, 0.717) is 16.7 Å². The molecule has 0 atom stereocenters. The number of fused-ring (bicyclic) bond motifs is 9. The summed E-state index contributed by atoms with van der Waals surface area (Å²) in [4.78, 5) is 4.52. The third-order valence-electron chi connectivity index (χ3n) is 10.8. The molecule has 9 aromatic carbocycles. The number of hydrogen-bond acceptors (Lipinski definition) is 5. The predicted octanol–water partition coefficient (Wildman–Crippen LogP) is 14.6. The van der Waals surface area contributed by atoms with Crippen LogP contribution in [0.15, 0.2) is 197 Å². The van der Waals surface area contributed by atoms with E-state index in [0.717, 1.165) is 88.4 Å². The molecule has 0 aliphatic carbocycles. The van der Waals surface area contributed by atoms with E-state index in [1.807, 2.05) is 30.3 Å². The molecule has 0 fully saturated rings. The van der Waals surface area contributed by atoms with Crippen molar-refractivity contribution in [3.05, 3.63) is 194 Å². The van der Waals surface area contributed by atoms with Crippen molar-refractivity contribution < 1.29 is 8.83 Å².